The van der Waals surface area contributed by atoms with Gasteiger partial charge in [-0.2, -0.15) is 10.5 Å². The Balaban J connectivity index is 2.01. The van der Waals surface area contributed by atoms with Crippen molar-refractivity contribution in [3.8, 4) is 34.4 Å². The highest BCUT2D eigenvalue weighted by molar-refractivity contribution is 9.10. The van der Waals surface area contributed by atoms with Gasteiger partial charge in [-0.3, -0.25) is 0 Å². The van der Waals surface area contributed by atoms with Crippen molar-refractivity contribution >= 4 is 15.9 Å². The van der Waals surface area contributed by atoms with Gasteiger partial charge in [0.15, 0.2) is 0 Å². The Labute approximate surface area is 143 Å². The first-order valence-corrected chi connectivity index (χ1v) is 7.81. The minimum Gasteiger partial charge on any atom is -0.192 e. The van der Waals surface area contributed by atoms with Gasteiger partial charge in [-0.1, -0.05) is 36.4 Å². The molecule has 0 aliphatic carbocycles. The maximum Gasteiger partial charge on any atom is 0.100 e. The van der Waals surface area contributed by atoms with Crippen LogP contribution in [0, 0.1) is 22.7 Å². The van der Waals surface area contributed by atoms with E-state index in [1.54, 1.807) is 0 Å². The number of hydrogen-bond donors (Lipinski definition) is 0. The quantitative estimate of drug-likeness (QED) is 0.604. The second-order valence-corrected chi connectivity index (χ2v) is 5.93. The number of hydrogen-bond acceptors (Lipinski definition) is 2. The average Bonchev–Trinajstić information content (AvgIpc) is 2.62. The number of rotatable bonds is 2. The molecule has 0 spiro atoms. The van der Waals surface area contributed by atoms with Crippen molar-refractivity contribution in [3.63, 3.8) is 0 Å². The molecule has 0 amide bonds. The van der Waals surface area contributed by atoms with Crippen LogP contribution in [-0.4, -0.2) is 0 Å². The zero-order valence-electron chi connectivity index (χ0n) is 12.1. The summed E-state index contributed by atoms with van der Waals surface area (Å²) in [5.41, 5.74) is 5.56. The molecule has 0 aliphatic heterocycles. The third-order valence-electron chi connectivity index (χ3n) is 3.63. The molecule has 2 nitrogen and oxygen atoms in total. The highest BCUT2D eigenvalue weighted by Crippen LogP contribution is 2.29. The first-order chi connectivity index (χ1) is 11.2. The molecule has 3 aromatic carbocycles. The van der Waals surface area contributed by atoms with Gasteiger partial charge in [0.25, 0.3) is 0 Å². The highest BCUT2D eigenvalue weighted by Gasteiger charge is 2.05. The summed E-state index contributed by atoms with van der Waals surface area (Å²) in [6.07, 6.45) is 0. The van der Waals surface area contributed by atoms with Gasteiger partial charge in [0.1, 0.15) is 6.07 Å². The maximum absolute atomic E-state index is 9.01. The van der Waals surface area contributed by atoms with E-state index in [4.69, 9.17) is 10.5 Å². The topological polar surface area (TPSA) is 47.6 Å². The van der Waals surface area contributed by atoms with Crippen LogP contribution >= 0.6 is 15.9 Å². The Bertz CT molecular complexity index is 945. The van der Waals surface area contributed by atoms with Gasteiger partial charge < -0.3 is 0 Å². The standard InChI is InChI=1S/C20H11BrN2/c21-20-11-18(8-9-19(20)13-23)17-3-1-2-16(10-17)15-6-4-14(12-22)5-7-15/h1-11H. The lowest BCUT2D eigenvalue weighted by atomic mass is 9.98. The Morgan fingerprint density at radius 1 is 0.652 bits per heavy atom. The van der Waals surface area contributed by atoms with Crippen LogP contribution in [0.15, 0.2) is 71.2 Å². The molecule has 0 atom stereocenters. The van der Waals surface area contributed by atoms with Gasteiger partial charge in [-0.15, -0.1) is 0 Å². The second kappa shape index (κ2) is 6.48. The van der Waals surface area contributed by atoms with Crippen LogP contribution in [0.3, 0.4) is 0 Å². The van der Waals surface area contributed by atoms with E-state index >= 15 is 0 Å². The van der Waals surface area contributed by atoms with Gasteiger partial charge in [0.2, 0.25) is 0 Å². The molecule has 23 heavy (non-hydrogen) atoms. The number of nitrogens with zero attached hydrogens (tertiary/aromatic N) is 2. The molecule has 0 aliphatic rings. The van der Waals surface area contributed by atoms with Crippen molar-refractivity contribution in [2.24, 2.45) is 0 Å². The monoisotopic (exact) mass is 358 g/mol. The molecule has 0 N–H and O–H groups in total. The molecule has 108 valence electrons. The zero-order valence-corrected chi connectivity index (χ0v) is 13.7. The van der Waals surface area contributed by atoms with E-state index in [0.29, 0.717) is 11.1 Å². The lowest BCUT2D eigenvalue weighted by Gasteiger charge is -2.07. The van der Waals surface area contributed by atoms with E-state index in [1.165, 1.54) is 0 Å². The fourth-order valence-electron chi connectivity index (χ4n) is 2.40. The average molecular weight is 359 g/mol. The first kappa shape index (κ1) is 15.0. The Hall–Kier alpha value is -2.88. The Morgan fingerprint density at radius 2 is 1.26 bits per heavy atom. The lowest BCUT2D eigenvalue weighted by molar-refractivity contribution is 1.46. The maximum atomic E-state index is 9.01. The molecule has 0 saturated heterocycles. The third kappa shape index (κ3) is 3.16. The van der Waals surface area contributed by atoms with E-state index in [1.807, 2.05) is 60.7 Å². The molecule has 0 heterocycles. The van der Waals surface area contributed by atoms with E-state index in [-0.39, 0.29) is 0 Å². The molecular weight excluding hydrogens is 348 g/mol. The largest absolute Gasteiger partial charge is 0.192 e. The van der Waals surface area contributed by atoms with Crippen LogP contribution in [0.1, 0.15) is 11.1 Å². The summed E-state index contributed by atoms with van der Waals surface area (Å²) in [7, 11) is 0. The SMILES string of the molecule is N#Cc1ccc(-c2cccc(-c3ccc(C#N)c(Br)c3)c2)cc1. The fourth-order valence-corrected chi connectivity index (χ4v) is 2.87. The first-order valence-electron chi connectivity index (χ1n) is 7.02. The fraction of sp³-hybridized carbons (Fsp3) is 0. The molecular formula is C20H11BrN2. The molecule has 0 aromatic heterocycles. The zero-order chi connectivity index (χ0) is 16.2. The summed E-state index contributed by atoms with van der Waals surface area (Å²) in [5.74, 6) is 0. The van der Waals surface area contributed by atoms with Crippen molar-refractivity contribution in [2.45, 2.75) is 0 Å². The summed E-state index contributed by atoms with van der Waals surface area (Å²) in [6.45, 7) is 0. The van der Waals surface area contributed by atoms with Gasteiger partial charge in [-0.25, -0.2) is 0 Å². The van der Waals surface area contributed by atoms with E-state index in [2.05, 4.69) is 34.1 Å². The summed E-state index contributed by atoms with van der Waals surface area (Å²) in [4.78, 5) is 0. The molecule has 0 unspecified atom stereocenters. The van der Waals surface area contributed by atoms with Crippen LogP contribution in [-0.2, 0) is 0 Å². The van der Waals surface area contributed by atoms with Gasteiger partial charge in [-0.05, 0) is 68.5 Å². The Morgan fingerprint density at radius 3 is 1.87 bits per heavy atom. The van der Waals surface area contributed by atoms with Crippen molar-refractivity contribution in [1.29, 1.82) is 10.5 Å². The molecule has 0 bridgehead atoms. The van der Waals surface area contributed by atoms with E-state index < -0.39 is 0 Å². The summed E-state index contributed by atoms with van der Waals surface area (Å²) in [5, 5.41) is 17.9. The summed E-state index contributed by atoms with van der Waals surface area (Å²) >= 11 is 3.43. The smallest absolute Gasteiger partial charge is 0.100 e. The molecule has 0 saturated carbocycles. The van der Waals surface area contributed by atoms with Gasteiger partial charge in [0.05, 0.1) is 17.2 Å². The summed E-state index contributed by atoms with van der Waals surface area (Å²) in [6, 6.07) is 25.7. The highest BCUT2D eigenvalue weighted by atomic mass is 79.9. The van der Waals surface area contributed by atoms with Crippen molar-refractivity contribution < 1.29 is 0 Å². The van der Waals surface area contributed by atoms with Crippen LogP contribution in [0.5, 0.6) is 0 Å². The summed E-state index contributed by atoms with van der Waals surface area (Å²) < 4.78 is 0.793. The molecule has 3 heteroatoms. The van der Waals surface area contributed by atoms with Crippen molar-refractivity contribution in [1.82, 2.24) is 0 Å². The van der Waals surface area contributed by atoms with E-state index in [9.17, 15) is 0 Å². The molecule has 0 radical (unpaired) electrons. The number of benzene rings is 3. The lowest BCUT2D eigenvalue weighted by Crippen LogP contribution is -1.84. The number of halogens is 1. The van der Waals surface area contributed by atoms with Gasteiger partial charge >= 0.3 is 0 Å². The minimum absolute atomic E-state index is 0.622. The van der Waals surface area contributed by atoms with E-state index in [0.717, 1.165) is 26.7 Å². The molecule has 3 aromatic rings. The third-order valence-corrected chi connectivity index (χ3v) is 4.29. The predicted octanol–water partition coefficient (Wildman–Crippen LogP) is 5.53. The Kier molecular flexibility index (Phi) is 4.24. The van der Waals surface area contributed by atoms with Crippen LogP contribution < -0.4 is 0 Å². The van der Waals surface area contributed by atoms with Crippen LogP contribution in [0.25, 0.3) is 22.3 Å². The minimum atomic E-state index is 0.622. The van der Waals surface area contributed by atoms with Crippen LogP contribution in [0.4, 0.5) is 0 Å². The second-order valence-electron chi connectivity index (χ2n) is 5.08. The molecule has 3 rings (SSSR count). The molecule has 0 fully saturated rings. The van der Waals surface area contributed by atoms with Crippen molar-refractivity contribution in [2.75, 3.05) is 0 Å². The normalized spacial score (nSPS) is 9.87. The van der Waals surface area contributed by atoms with Crippen LogP contribution in [0.2, 0.25) is 0 Å². The predicted molar refractivity (Wildman–Crippen MR) is 94.4 cm³/mol. The number of nitriles is 2. The van der Waals surface area contributed by atoms with Crippen molar-refractivity contribution in [3.05, 3.63) is 82.3 Å². The van der Waals surface area contributed by atoms with Gasteiger partial charge in [0, 0.05) is 4.47 Å².